The molecule has 0 aliphatic carbocycles. The lowest BCUT2D eigenvalue weighted by Crippen LogP contribution is -2.46. The van der Waals surface area contributed by atoms with Gasteiger partial charge in [0.2, 0.25) is 0 Å². The van der Waals surface area contributed by atoms with Crippen LogP contribution in [-0.2, 0) is 25.8 Å². The van der Waals surface area contributed by atoms with Crippen LogP contribution in [0.2, 0.25) is 0 Å². The van der Waals surface area contributed by atoms with Crippen LogP contribution in [-0.4, -0.2) is 59.1 Å². The second-order valence-corrected chi connectivity index (χ2v) is 7.96. The topological polar surface area (TPSA) is 104 Å². The molecule has 1 rings (SSSR count). The molecule has 0 amide bonds. The smallest absolute Gasteiger partial charge is 0.306 e. The third-order valence-corrected chi connectivity index (χ3v) is 6.00. The van der Waals surface area contributed by atoms with Gasteiger partial charge in [-0.3, -0.25) is 9.00 Å². The molecule has 112 valence electrons. The number of hydrogen-bond acceptors (Lipinski definition) is 4. The van der Waals surface area contributed by atoms with Gasteiger partial charge >= 0.3 is 5.97 Å². The Morgan fingerprint density at radius 2 is 2.00 bits per heavy atom. The predicted molar refractivity (Wildman–Crippen MR) is 72.4 cm³/mol. The zero-order chi connectivity index (χ0) is 14.5. The lowest BCUT2D eigenvalue weighted by atomic mass is 9.99. The number of aliphatic carboxylic acids is 1. The van der Waals surface area contributed by atoms with Crippen molar-refractivity contribution in [2.75, 3.05) is 31.1 Å². The standard InChI is InChI=1S/C10H20N2O5S2/c1-2-18(15)8-5-11-19(16,17)12-6-3-9(4-7-12)10(13)14/h9,11H,2-8H2,1H3,(H,13,14). The van der Waals surface area contributed by atoms with E-state index in [-0.39, 0.29) is 19.6 Å². The van der Waals surface area contributed by atoms with E-state index in [1.165, 1.54) is 4.31 Å². The van der Waals surface area contributed by atoms with Gasteiger partial charge in [-0.2, -0.15) is 12.7 Å². The van der Waals surface area contributed by atoms with Crippen LogP contribution in [0.5, 0.6) is 0 Å². The summed E-state index contributed by atoms with van der Waals surface area (Å²) in [6, 6.07) is 0. The fourth-order valence-electron chi connectivity index (χ4n) is 1.86. The first-order valence-corrected chi connectivity index (χ1v) is 9.12. The van der Waals surface area contributed by atoms with Gasteiger partial charge in [0.05, 0.1) is 5.92 Å². The minimum atomic E-state index is -3.58. The van der Waals surface area contributed by atoms with E-state index in [4.69, 9.17) is 5.11 Å². The zero-order valence-corrected chi connectivity index (χ0v) is 12.5. The highest BCUT2D eigenvalue weighted by molar-refractivity contribution is 7.87. The molecule has 1 heterocycles. The molecule has 1 saturated heterocycles. The number of carboxylic acids is 1. The zero-order valence-electron chi connectivity index (χ0n) is 10.9. The summed E-state index contributed by atoms with van der Waals surface area (Å²) in [7, 11) is -4.58. The number of nitrogens with zero attached hydrogens (tertiary/aromatic N) is 1. The number of rotatable bonds is 7. The molecule has 2 N–H and O–H groups in total. The van der Waals surface area contributed by atoms with E-state index in [0.717, 1.165) is 0 Å². The average Bonchev–Trinajstić information content (AvgIpc) is 2.38. The molecule has 0 saturated carbocycles. The van der Waals surface area contributed by atoms with Gasteiger partial charge in [0.15, 0.2) is 0 Å². The Morgan fingerprint density at radius 1 is 1.42 bits per heavy atom. The molecule has 9 heteroatoms. The maximum absolute atomic E-state index is 11.9. The van der Waals surface area contributed by atoms with E-state index < -0.39 is 32.9 Å². The molecule has 1 aliphatic rings. The summed E-state index contributed by atoms with van der Waals surface area (Å²) in [6.07, 6.45) is 0.661. The minimum absolute atomic E-state index is 0.141. The summed E-state index contributed by atoms with van der Waals surface area (Å²) in [4.78, 5) is 10.8. The van der Waals surface area contributed by atoms with E-state index >= 15 is 0 Å². The van der Waals surface area contributed by atoms with Gasteiger partial charge < -0.3 is 5.11 Å². The largest absolute Gasteiger partial charge is 0.481 e. The predicted octanol–water partition coefficient (Wildman–Crippen LogP) is -0.614. The first kappa shape index (κ1) is 16.5. The summed E-state index contributed by atoms with van der Waals surface area (Å²) in [5, 5.41) is 8.84. The van der Waals surface area contributed by atoms with Crippen LogP contribution in [0.3, 0.4) is 0 Å². The molecule has 0 radical (unpaired) electrons. The van der Waals surface area contributed by atoms with Crippen LogP contribution in [0.15, 0.2) is 0 Å². The van der Waals surface area contributed by atoms with E-state index in [0.29, 0.717) is 24.3 Å². The highest BCUT2D eigenvalue weighted by atomic mass is 32.2. The lowest BCUT2D eigenvalue weighted by molar-refractivity contribution is -0.142. The Morgan fingerprint density at radius 3 is 2.47 bits per heavy atom. The average molecular weight is 312 g/mol. The number of carbonyl (C=O) groups is 1. The van der Waals surface area contributed by atoms with Gasteiger partial charge in [-0.1, -0.05) is 6.92 Å². The summed E-state index contributed by atoms with van der Waals surface area (Å²) in [5.41, 5.74) is 0. The van der Waals surface area contributed by atoms with Gasteiger partial charge in [0, 0.05) is 41.9 Å². The molecule has 0 aromatic heterocycles. The molecule has 0 aromatic rings. The maximum atomic E-state index is 11.9. The molecule has 1 aliphatic heterocycles. The van der Waals surface area contributed by atoms with Crippen molar-refractivity contribution in [3.8, 4) is 0 Å². The molecule has 1 unspecified atom stereocenters. The Balaban J connectivity index is 2.42. The SMILES string of the molecule is CCS(=O)CCNS(=O)(=O)N1CCC(C(=O)O)CC1. The van der Waals surface area contributed by atoms with Crippen LogP contribution in [0, 0.1) is 5.92 Å². The molecular weight excluding hydrogens is 292 g/mol. The number of piperidine rings is 1. The lowest BCUT2D eigenvalue weighted by Gasteiger charge is -2.29. The second-order valence-electron chi connectivity index (χ2n) is 4.34. The highest BCUT2D eigenvalue weighted by Crippen LogP contribution is 2.18. The summed E-state index contributed by atoms with van der Waals surface area (Å²) < 4.78 is 38.6. The van der Waals surface area contributed by atoms with Gasteiger partial charge in [-0.05, 0) is 12.8 Å². The highest BCUT2D eigenvalue weighted by Gasteiger charge is 2.30. The van der Waals surface area contributed by atoms with Crippen molar-refractivity contribution in [1.29, 1.82) is 0 Å². The first-order chi connectivity index (χ1) is 8.86. The van der Waals surface area contributed by atoms with Gasteiger partial charge in [0.25, 0.3) is 10.2 Å². The maximum Gasteiger partial charge on any atom is 0.306 e. The summed E-state index contributed by atoms with van der Waals surface area (Å²) in [5.74, 6) is -0.532. The van der Waals surface area contributed by atoms with Gasteiger partial charge in [-0.15, -0.1) is 0 Å². The van der Waals surface area contributed by atoms with Gasteiger partial charge in [0.1, 0.15) is 0 Å². The van der Waals surface area contributed by atoms with E-state index in [2.05, 4.69) is 4.72 Å². The monoisotopic (exact) mass is 312 g/mol. The Hall–Kier alpha value is -0.510. The van der Waals surface area contributed by atoms with E-state index in [9.17, 15) is 17.4 Å². The fraction of sp³-hybridized carbons (Fsp3) is 0.900. The molecule has 0 spiro atoms. The van der Waals surface area contributed by atoms with Crippen molar-refractivity contribution in [1.82, 2.24) is 9.03 Å². The van der Waals surface area contributed by atoms with Crippen molar-refractivity contribution in [3.63, 3.8) is 0 Å². The molecule has 19 heavy (non-hydrogen) atoms. The van der Waals surface area contributed by atoms with Crippen molar-refractivity contribution in [2.45, 2.75) is 19.8 Å². The Kier molecular flexibility index (Phi) is 6.37. The third kappa shape index (κ3) is 5.17. The Labute approximate surface area is 116 Å². The quantitative estimate of drug-likeness (QED) is 0.652. The van der Waals surface area contributed by atoms with Gasteiger partial charge in [-0.25, -0.2) is 4.72 Å². The Bertz CT molecular complexity index is 429. The first-order valence-electron chi connectivity index (χ1n) is 6.19. The number of hydrogen-bond donors (Lipinski definition) is 2. The fourth-order valence-corrected chi connectivity index (χ4v) is 3.84. The van der Waals surface area contributed by atoms with E-state index in [1.807, 2.05) is 0 Å². The van der Waals surface area contributed by atoms with Crippen LogP contribution >= 0.6 is 0 Å². The molecule has 0 bridgehead atoms. The van der Waals surface area contributed by atoms with Crippen molar-refractivity contribution in [3.05, 3.63) is 0 Å². The molecule has 7 nitrogen and oxygen atoms in total. The van der Waals surface area contributed by atoms with E-state index in [1.54, 1.807) is 6.92 Å². The van der Waals surface area contributed by atoms with Crippen molar-refractivity contribution in [2.24, 2.45) is 5.92 Å². The molecular formula is C10H20N2O5S2. The summed E-state index contributed by atoms with van der Waals surface area (Å²) in [6.45, 7) is 2.34. The number of nitrogens with one attached hydrogen (secondary N) is 1. The minimum Gasteiger partial charge on any atom is -0.481 e. The number of carboxylic acid groups (broad SMARTS) is 1. The van der Waals surface area contributed by atoms with Crippen LogP contribution in [0.4, 0.5) is 0 Å². The van der Waals surface area contributed by atoms with Crippen LogP contribution in [0.1, 0.15) is 19.8 Å². The van der Waals surface area contributed by atoms with Crippen molar-refractivity contribution < 1.29 is 22.5 Å². The molecule has 1 fully saturated rings. The normalized spacial score (nSPS) is 20.3. The summed E-state index contributed by atoms with van der Waals surface area (Å²) >= 11 is 0. The molecule has 0 aromatic carbocycles. The molecule has 1 atom stereocenters. The van der Waals surface area contributed by atoms with Crippen LogP contribution in [0.25, 0.3) is 0 Å². The second kappa shape index (κ2) is 7.32. The van der Waals surface area contributed by atoms with Crippen molar-refractivity contribution >= 4 is 27.0 Å². The third-order valence-electron chi connectivity index (χ3n) is 3.08. The van der Waals surface area contributed by atoms with Crippen LogP contribution < -0.4 is 4.72 Å².